The molecule has 23 heavy (non-hydrogen) atoms. The number of hydrogen-bond acceptors (Lipinski definition) is 2. The third-order valence-electron chi connectivity index (χ3n) is 3.64. The highest BCUT2D eigenvalue weighted by Gasteiger charge is 2.13. The summed E-state index contributed by atoms with van der Waals surface area (Å²) < 4.78 is 0. The Bertz CT molecular complexity index is 617. The van der Waals surface area contributed by atoms with Crippen molar-refractivity contribution in [3.8, 4) is 0 Å². The molecule has 1 atom stereocenters. The van der Waals surface area contributed by atoms with E-state index in [1.54, 1.807) is 11.8 Å². The molecule has 0 saturated heterocycles. The molecule has 0 bridgehead atoms. The van der Waals surface area contributed by atoms with Crippen molar-refractivity contribution in [1.82, 2.24) is 10.2 Å². The molecule has 0 fully saturated rings. The SMILES string of the molecule is C[C@H](c1ccccc1)N(C)C(=S)NCCSc1ccc(Cl)cc1. The van der Waals surface area contributed by atoms with E-state index in [1.807, 2.05) is 37.4 Å². The lowest BCUT2D eigenvalue weighted by atomic mass is 10.1. The second-order valence-electron chi connectivity index (χ2n) is 5.23. The smallest absolute Gasteiger partial charge is 0.169 e. The summed E-state index contributed by atoms with van der Waals surface area (Å²) in [6.07, 6.45) is 0. The molecule has 0 aliphatic heterocycles. The van der Waals surface area contributed by atoms with Gasteiger partial charge < -0.3 is 10.2 Å². The Morgan fingerprint density at radius 1 is 1.17 bits per heavy atom. The van der Waals surface area contributed by atoms with Gasteiger partial charge in [-0.25, -0.2) is 0 Å². The van der Waals surface area contributed by atoms with Crippen LogP contribution < -0.4 is 5.32 Å². The van der Waals surface area contributed by atoms with Crippen LogP contribution in [0.1, 0.15) is 18.5 Å². The highest BCUT2D eigenvalue weighted by Crippen LogP contribution is 2.20. The molecule has 2 aromatic rings. The minimum atomic E-state index is 0.250. The van der Waals surface area contributed by atoms with E-state index >= 15 is 0 Å². The molecular weight excluding hydrogens is 344 g/mol. The third kappa shape index (κ3) is 5.72. The Balaban J connectivity index is 1.74. The quantitative estimate of drug-likeness (QED) is 0.440. The van der Waals surface area contributed by atoms with Crippen molar-refractivity contribution in [3.05, 3.63) is 65.2 Å². The third-order valence-corrected chi connectivity index (χ3v) is 5.34. The number of benzene rings is 2. The Kier molecular flexibility index (Phi) is 7.21. The minimum absolute atomic E-state index is 0.250. The zero-order chi connectivity index (χ0) is 16.7. The van der Waals surface area contributed by atoms with Gasteiger partial charge in [0.2, 0.25) is 0 Å². The lowest BCUT2D eigenvalue weighted by Crippen LogP contribution is -2.39. The van der Waals surface area contributed by atoms with Crippen LogP contribution in [0.15, 0.2) is 59.5 Å². The largest absolute Gasteiger partial charge is 0.362 e. The van der Waals surface area contributed by atoms with Gasteiger partial charge in [-0.2, -0.15) is 0 Å². The van der Waals surface area contributed by atoms with Gasteiger partial charge in [0.25, 0.3) is 0 Å². The predicted octanol–water partition coefficient (Wildman–Crippen LogP) is 5.00. The van der Waals surface area contributed by atoms with Gasteiger partial charge in [0, 0.05) is 29.3 Å². The molecule has 2 rings (SSSR count). The summed E-state index contributed by atoms with van der Waals surface area (Å²) in [6, 6.07) is 18.5. The Labute approximate surface area is 153 Å². The van der Waals surface area contributed by atoms with Crippen molar-refractivity contribution in [2.45, 2.75) is 17.9 Å². The van der Waals surface area contributed by atoms with Gasteiger partial charge in [-0.05, 0) is 49.0 Å². The monoisotopic (exact) mass is 364 g/mol. The average molecular weight is 365 g/mol. The number of thioether (sulfide) groups is 1. The molecule has 0 aliphatic carbocycles. The first-order chi connectivity index (χ1) is 11.1. The van der Waals surface area contributed by atoms with Crippen LogP contribution >= 0.6 is 35.6 Å². The lowest BCUT2D eigenvalue weighted by molar-refractivity contribution is 0.397. The predicted molar refractivity (Wildman–Crippen MR) is 105 cm³/mol. The van der Waals surface area contributed by atoms with Crippen LogP contribution in [0.4, 0.5) is 0 Å². The molecule has 0 heterocycles. The molecule has 0 unspecified atom stereocenters. The number of rotatable bonds is 6. The molecule has 0 spiro atoms. The van der Waals surface area contributed by atoms with Crippen molar-refractivity contribution in [2.75, 3.05) is 19.3 Å². The maximum Gasteiger partial charge on any atom is 0.169 e. The summed E-state index contributed by atoms with van der Waals surface area (Å²) in [5.41, 5.74) is 1.26. The second kappa shape index (κ2) is 9.16. The molecule has 0 saturated carbocycles. The zero-order valence-electron chi connectivity index (χ0n) is 13.3. The van der Waals surface area contributed by atoms with E-state index in [9.17, 15) is 0 Å². The van der Waals surface area contributed by atoms with Gasteiger partial charge in [0.1, 0.15) is 0 Å². The zero-order valence-corrected chi connectivity index (χ0v) is 15.7. The van der Waals surface area contributed by atoms with E-state index < -0.39 is 0 Å². The molecule has 1 N–H and O–H groups in total. The fourth-order valence-electron chi connectivity index (χ4n) is 2.11. The number of hydrogen-bond donors (Lipinski definition) is 1. The van der Waals surface area contributed by atoms with Gasteiger partial charge >= 0.3 is 0 Å². The Hall–Kier alpha value is -1.23. The summed E-state index contributed by atoms with van der Waals surface area (Å²) in [7, 11) is 2.03. The summed E-state index contributed by atoms with van der Waals surface area (Å²) >= 11 is 13.2. The molecule has 122 valence electrons. The Morgan fingerprint density at radius 3 is 2.48 bits per heavy atom. The van der Waals surface area contributed by atoms with E-state index in [2.05, 4.69) is 41.4 Å². The van der Waals surface area contributed by atoms with Crippen molar-refractivity contribution in [3.63, 3.8) is 0 Å². The maximum absolute atomic E-state index is 5.89. The van der Waals surface area contributed by atoms with E-state index in [0.717, 1.165) is 22.4 Å². The van der Waals surface area contributed by atoms with Crippen LogP contribution in [0.5, 0.6) is 0 Å². The fraction of sp³-hybridized carbons (Fsp3) is 0.278. The van der Waals surface area contributed by atoms with Crippen LogP contribution in [0.2, 0.25) is 5.02 Å². The van der Waals surface area contributed by atoms with Crippen molar-refractivity contribution in [1.29, 1.82) is 0 Å². The van der Waals surface area contributed by atoms with Crippen molar-refractivity contribution >= 4 is 40.7 Å². The van der Waals surface area contributed by atoms with E-state index in [4.69, 9.17) is 23.8 Å². The summed E-state index contributed by atoms with van der Waals surface area (Å²) in [4.78, 5) is 3.31. The van der Waals surface area contributed by atoms with Crippen LogP contribution in [0.3, 0.4) is 0 Å². The second-order valence-corrected chi connectivity index (χ2v) is 7.22. The maximum atomic E-state index is 5.89. The highest BCUT2D eigenvalue weighted by atomic mass is 35.5. The van der Waals surface area contributed by atoms with Gasteiger partial charge in [-0.1, -0.05) is 41.9 Å². The average Bonchev–Trinajstić information content (AvgIpc) is 2.59. The van der Waals surface area contributed by atoms with E-state index in [1.165, 1.54) is 10.5 Å². The summed E-state index contributed by atoms with van der Waals surface area (Å²) in [6.45, 7) is 2.99. The van der Waals surface area contributed by atoms with Crippen molar-refractivity contribution in [2.24, 2.45) is 0 Å². The number of halogens is 1. The first-order valence-corrected chi connectivity index (χ1v) is 9.29. The van der Waals surface area contributed by atoms with Crippen molar-refractivity contribution < 1.29 is 0 Å². The van der Waals surface area contributed by atoms with Crippen LogP contribution in [0, 0.1) is 0 Å². The normalized spacial score (nSPS) is 11.8. The number of thiocarbonyl (C=S) groups is 1. The van der Waals surface area contributed by atoms with Gasteiger partial charge in [-0.3, -0.25) is 0 Å². The Morgan fingerprint density at radius 2 is 1.83 bits per heavy atom. The van der Waals surface area contributed by atoms with E-state index in [-0.39, 0.29) is 6.04 Å². The van der Waals surface area contributed by atoms with Crippen LogP contribution in [0.25, 0.3) is 0 Å². The lowest BCUT2D eigenvalue weighted by Gasteiger charge is -2.28. The standard InChI is InChI=1S/C18H21ClN2S2/c1-14(15-6-4-3-5-7-15)21(2)18(22)20-12-13-23-17-10-8-16(19)9-11-17/h3-11,14H,12-13H2,1-2H3,(H,20,22)/t14-/m1/s1. The summed E-state index contributed by atoms with van der Waals surface area (Å²) in [5.74, 6) is 0.954. The topological polar surface area (TPSA) is 15.3 Å². The first kappa shape index (κ1) is 18.1. The van der Waals surface area contributed by atoms with E-state index in [0.29, 0.717) is 0 Å². The molecule has 0 amide bonds. The van der Waals surface area contributed by atoms with Gasteiger partial charge in [-0.15, -0.1) is 11.8 Å². The number of nitrogens with one attached hydrogen (secondary N) is 1. The first-order valence-electron chi connectivity index (χ1n) is 7.52. The summed E-state index contributed by atoms with van der Waals surface area (Å²) in [5, 5.41) is 4.87. The molecule has 0 radical (unpaired) electrons. The van der Waals surface area contributed by atoms with Crippen LogP contribution in [-0.2, 0) is 0 Å². The molecular formula is C18H21ClN2S2. The molecule has 0 aliphatic rings. The van der Waals surface area contributed by atoms with Crippen LogP contribution in [-0.4, -0.2) is 29.4 Å². The highest BCUT2D eigenvalue weighted by molar-refractivity contribution is 7.99. The number of nitrogens with zero attached hydrogens (tertiary/aromatic N) is 1. The van der Waals surface area contributed by atoms with Gasteiger partial charge in [0.15, 0.2) is 5.11 Å². The minimum Gasteiger partial charge on any atom is -0.362 e. The molecule has 0 aromatic heterocycles. The fourth-order valence-corrected chi connectivity index (χ4v) is 3.27. The molecule has 2 nitrogen and oxygen atoms in total. The molecule has 5 heteroatoms. The van der Waals surface area contributed by atoms with Gasteiger partial charge in [0.05, 0.1) is 6.04 Å². The molecule has 2 aromatic carbocycles.